The van der Waals surface area contributed by atoms with Gasteiger partial charge in [0.05, 0.1) is 5.56 Å². The maximum Gasteiger partial charge on any atom is 0.256 e. The number of rotatable bonds is 2. The van der Waals surface area contributed by atoms with E-state index in [0.29, 0.717) is 11.5 Å². The molecule has 2 heterocycles. The lowest BCUT2D eigenvalue weighted by atomic mass is 9.82. The van der Waals surface area contributed by atoms with Crippen LogP contribution in [0.25, 0.3) is 0 Å². The first-order chi connectivity index (χ1) is 11.3. The summed E-state index contributed by atoms with van der Waals surface area (Å²) in [4.78, 5) is 29.0. The Morgan fingerprint density at radius 1 is 1.21 bits per heavy atom. The molecule has 24 heavy (non-hydrogen) atoms. The highest BCUT2D eigenvalue weighted by Crippen LogP contribution is 2.42. The number of carbonyl (C=O) groups is 1. The number of aromatic amines is 1. The predicted molar refractivity (Wildman–Crippen MR) is 95.5 cm³/mol. The van der Waals surface area contributed by atoms with Crippen LogP contribution >= 0.6 is 0 Å². The molecule has 0 radical (unpaired) electrons. The summed E-state index contributed by atoms with van der Waals surface area (Å²) < 4.78 is 0. The molecule has 1 unspecified atom stereocenters. The second-order valence-electron chi connectivity index (χ2n) is 7.26. The van der Waals surface area contributed by atoms with Gasteiger partial charge in [-0.05, 0) is 45.2 Å². The Morgan fingerprint density at radius 3 is 2.50 bits per heavy atom. The smallest absolute Gasteiger partial charge is 0.256 e. The van der Waals surface area contributed by atoms with Gasteiger partial charge >= 0.3 is 0 Å². The minimum absolute atomic E-state index is 0.0108. The van der Waals surface area contributed by atoms with Crippen molar-refractivity contribution < 1.29 is 4.79 Å². The number of aromatic nitrogens is 1. The number of pyridine rings is 1. The van der Waals surface area contributed by atoms with Gasteiger partial charge in [0.25, 0.3) is 5.91 Å². The highest BCUT2D eigenvalue weighted by molar-refractivity contribution is 5.96. The zero-order valence-corrected chi connectivity index (χ0v) is 14.7. The van der Waals surface area contributed by atoms with E-state index < -0.39 is 0 Å². The predicted octanol–water partition coefficient (Wildman–Crippen LogP) is 3.40. The molecule has 1 N–H and O–H groups in total. The third-order valence-corrected chi connectivity index (χ3v) is 5.28. The largest absolute Gasteiger partial charge is 0.333 e. The summed E-state index contributed by atoms with van der Waals surface area (Å²) in [5, 5.41) is 0. The van der Waals surface area contributed by atoms with Gasteiger partial charge in [0.1, 0.15) is 0 Å². The van der Waals surface area contributed by atoms with Crippen LogP contribution in [0.2, 0.25) is 0 Å². The summed E-state index contributed by atoms with van der Waals surface area (Å²) in [5.41, 5.74) is 3.37. The molecule has 1 fully saturated rings. The van der Waals surface area contributed by atoms with E-state index in [1.807, 2.05) is 11.8 Å². The quantitative estimate of drug-likeness (QED) is 0.920. The zero-order chi connectivity index (χ0) is 17.5. The average Bonchev–Trinajstić information content (AvgIpc) is 2.82. The van der Waals surface area contributed by atoms with E-state index in [2.05, 4.69) is 50.0 Å². The van der Waals surface area contributed by atoms with Crippen molar-refractivity contribution in [3.05, 3.63) is 69.1 Å². The second kappa shape index (κ2) is 5.93. The number of H-pyrrole nitrogens is 1. The van der Waals surface area contributed by atoms with Gasteiger partial charge in [-0.3, -0.25) is 9.59 Å². The molecule has 0 aliphatic carbocycles. The molecular formula is C20H24N2O2. The van der Waals surface area contributed by atoms with Gasteiger partial charge < -0.3 is 9.88 Å². The monoisotopic (exact) mass is 324 g/mol. The van der Waals surface area contributed by atoms with Gasteiger partial charge in [-0.1, -0.05) is 29.8 Å². The Morgan fingerprint density at radius 2 is 1.88 bits per heavy atom. The van der Waals surface area contributed by atoms with Crippen molar-refractivity contribution in [3.63, 3.8) is 0 Å². The summed E-state index contributed by atoms with van der Waals surface area (Å²) in [7, 11) is 0. The Hall–Kier alpha value is -2.36. The SMILES string of the molecule is Cc1ccc(C2CCN(C(=O)c3c[nH]c(=O)cc3C)C2(C)C)cc1. The lowest BCUT2D eigenvalue weighted by Gasteiger charge is -2.36. The van der Waals surface area contributed by atoms with E-state index in [9.17, 15) is 9.59 Å². The number of carbonyl (C=O) groups excluding carboxylic acids is 1. The van der Waals surface area contributed by atoms with Crippen molar-refractivity contribution >= 4 is 5.91 Å². The summed E-state index contributed by atoms with van der Waals surface area (Å²) >= 11 is 0. The molecule has 1 aliphatic rings. The number of nitrogens with zero attached hydrogens (tertiary/aromatic N) is 1. The van der Waals surface area contributed by atoms with Gasteiger partial charge in [0.2, 0.25) is 5.56 Å². The van der Waals surface area contributed by atoms with Crippen LogP contribution < -0.4 is 5.56 Å². The number of benzene rings is 1. The molecule has 4 nitrogen and oxygen atoms in total. The van der Waals surface area contributed by atoms with Crippen molar-refractivity contribution in [3.8, 4) is 0 Å². The molecule has 1 atom stereocenters. The van der Waals surface area contributed by atoms with Crippen LogP contribution in [0.3, 0.4) is 0 Å². The molecule has 3 rings (SSSR count). The van der Waals surface area contributed by atoms with Crippen molar-refractivity contribution in [2.45, 2.75) is 45.6 Å². The third-order valence-electron chi connectivity index (χ3n) is 5.28. The maximum absolute atomic E-state index is 13.0. The van der Waals surface area contributed by atoms with Gasteiger partial charge in [0.15, 0.2) is 0 Å². The summed E-state index contributed by atoms with van der Waals surface area (Å²) in [6.45, 7) is 8.87. The van der Waals surface area contributed by atoms with E-state index in [0.717, 1.165) is 18.5 Å². The number of likely N-dealkylation sites (tertiary alicyclic amines) is 1. The molecule has 1 amide bonds. The standard InChI is InChI=1S/C20H24N2O2/c1-13-5-7-15(8-6-13)17-9-10-22(20(17,3)4)19(24)16-12-21-18(23)11-14(16)2/h5-8,11-12,17H,9-10H2,1-4H3,(H,21,23). The summed E-state index contributed by atoms with van der Waals surface area (Å²) in [5.74, 6) is 0.300. The van der Waals surface area contributed by atoms with Crippen LogP contribution in [-0.4, -0.2) is 27.9 Å². The van der Waals surface area contributed by atoms with E-state index in [1.54, 1.807) is 0 Å². The van der Waals surface area contributed by atoms with Crippen molar-refractivity contribution in [1.82, 2.24) is 9.88 Å². The van der Waals surface area contributed by atoms with Gasteiger partial charge in [-0.15, -0.1) is 0 Å². The highest BCUT2D eigenvalue weighted by Gasteiger charge is 2.44. The highest BCUT2D eigenvalue weighted by atomic mass is 16.2. The molecule has 2 aromatic rings. The van der Waals surface area contributed by atoms with Gasteiger partial charge in [0, 0.05) is 30.3 Å². The first kappa shape index (κ1) is 16.5. The first-order valence-electron chi connectivity index (χ1n) is 8.38. The molecule has 0 bridgehead atoms. The fourth-order valence-corrected chi connectivity index (χ4v) is 3.77. The number of amides is 1. The Balaban J connectivity index is 1.91. The molecule has 1 aliphatic heterocycles. The van der Waals surface area contributed by atoms with Crippen molar-refractivity contribution in [2.24, 2.45) is 0 Å². The summed E-state index contributed by atoms with van der Waals surface area (Å²) in [6.07, 6.45) is 2.49. The lowest BCUT2D eigenvalue weighted by Crippen LogP contribution is -2.45. The molecule has 1 aromatic carbocycles. The number of hydrogen-bond acceptors (Lipinski definition) is 2. The number of aryl methyl sites for hydroxylation is 2. The van der Waals surface area contributed by atoms with Crippen LogP contribution in [0.15, 0.2) is 41.3 Å². The Labute approximate surface area is 142 Å². The van der Waals surface area contributed by atoms with Crippen LogP contribution in [0.4, 0.5) is 0 Å². The molecule has 126 valence electrons. The van der Waals surface area contributed by atoms with Gasteiger partial charge in [-0.2, -0.15) is 0 Å². The van der Waals surface area contributed by atoms with Crippen LogP contribution in [0, 0.1) is 13.8 Å². The van der Waals surface area contributed by atoms with E-state index in [-0.39, 0.29) is 17.0 Å². The second-order valence-corrected chi connectivity index (χ2v) is 7.26. The Bertz CT molecular complexity index is 818. The average molecular weight is 324 g/mol. The summed E-state index contributed by atoms with van der Waals surface area (Å²) in [6, 6.07) is 10.1. The fraction of sp³-hybridized carbons (Fsp3) is 0.400. The third kappa shape index (κ3) is 2.77. The van der Waals surface area contributed by atoms with Gasteiger partial charge in [-0.25, -0.2) is 0 Å². The van der Waals surface area contributed by atoms with Crippen LogP contribution in [-0.2, 0) is 0 Å². The van der Waals surface area contributed by atoms with Crippen LogP contribution in [0.5, 0.6) is 0 Å². The van der Waals surface area contributed by atoms with E-state index in [4.69, 9.17) is 0 Å². The Kier molecular flexibility index (Phi) is 4.08. The molecule has 4 heteroatoms. The molecular weight excluding hydrogens is 300 g/mol. The van der Waals surface area contributed by atoms with Crippen molar-refractivity contribution in [2.75, 3.05) is 6.54 Å². The topological polar surface area (TPSA) is 53.2 Å². The maximum atomic E-state index is 13.0. The minimum Gasteiger partial charge on any atom is -0.333 e. The normalized spacial score (nSPS) is 19.5. The lowest BCUT2D eigenvalue weighted by molar-refractivity contribution is 0.0634. The van der Waals surface area contributed by atoms with E-state index in [1.165, 1.54) is 23.4 Å². The minimum atomic E-state index is -0.269. The number of hydrogen-bond donors (Lipinski definition) is 1. The first-order valence-corrected chi connectivity index (χ1v) is 8.38. The molecule has 0 saturated carbocycles. The molecule has 1 aromatic heterocycles. The van der Waals surface area contributed by atoms with Crippen molar-refractivity contribution in [1.29, 1.82) is 0 Å². The van der Waals surface area contributed by atoms with Crippen LogP contribution in [0.1, 0.15) is 53.2 Å². The fourth-order valence-electron chi connectivity index (χ4n) is 3.77. The zero-order valence-electron chi connectivity index (χ0n) is 14.7. The van der Waals surface area contributed by atoms with E-state index >= 15 is 0 Å². The number of nitrogens with one attached hydrogen (secondary N) is 1. The molecule has 1 saturated heterocycles. The molecule has 0 spiro atoms.